The zero-order valence-corrected chi connectivity index (χ0v) is 14.0. The molecule has 1 N–H and O–H groups in total. The van der Waals surface area contributed by atoms with E-state index in [2.05, 4.69) is 18.0 Å². The van der Waals surface area contributed by atoms with Gasteiger partial charge in [-0.15, -0.1) is 0 Å². The van der Waals surface area contributed by atoms with Crippen LogP contribution in [0.5, 0.6) is 5.75 Å². The van der Waals surface area contributed by atoms with Crippen LogP contribution >= 0.6 is 0 Å². The minimum Gasteiger partial charge on any atom is -0.497 e. The molecule has 2 aromatic rings. The third-order valence-corrected chi connectivity index (χ3v) is 4.65. The number of nitrogens with one attached hydrogen (secondary N) is 1. The number of methoxy groups -OCH3 is 1. The van der Waals surface area contributed by atoms with Crippen LogP contribution in [0.1, 0.15) is 31.0 Å². The largest absolute Gasteiger partial charge is 0.497 e. The summed E-state index contributed by atoms with van der Waals surface area (Å²) in [4.78, 5) is 17.4. The molecule has 1 aliphatic rings. The number of hydrogen-bond donors (Lipinski definition) is 1. The minimum atomic E-state index is -0.190. The highest BCUT2D eigenvalue weighted by atomic mass is 16.6. The molecular weight excluding hydrogens is 292 g/mol. The van der Waals surface area contributed by atoms with E-state index in [0.29, 0.717) is 6.61 Å². The third kappa shape index (κ3) is 3.00. The molecule has 0 radical (unpaired) electrons. The van der Waals surface area contributed by atoms with Gasteiger partial charge in [0.05, 0.1) is 13.7 Å². The molecule has 23 heavy (non-hydrogen) atoms. The van der Waals surface area contributed by atoms with E-state index in [0.717, 1.165) is 42.8 Å². The van der Waals surface area contributed by atoms with Crippen LogP contribution in [0.4, 0.5) is 4.79 Å². The summed E-state index contributed by atoms with van der Waals surface area (Å²) in [7, 11) is 1.68. The number of H-pyrrole nitrogens is 1. The van der Waals surface area contributed by atoms with E-state index in [-0.39, 0.29) is 12.1 Å². The first kappa shape index (κ1) is 15.7. The topological polar surface area (TPSA) is 54.6 Å². The van der Waals surface area contributed by atoms with E-state index in [4.69, 9.17) is 9.47 Å². The lowest BCUT2D eigenvalue weighted by atomic mass is 10.0. The van der Waals surface area contributed by atoms with Gasteiger partial charge in [0.25, 0.3) is 0 Å². The molecule has 1 saturated heterocycles. The van der Waals surface area contributed by atoms with Crippen molar-refractivity contribution in [2.24, 2.45) is 0 Å². The average molecular weight is 316 g/mol. The van der Waals surface area contributed by atoms with Gasteiger partial charge in [0.15, 0.2) is 0 Å². The molecule has 3 rings (SSSR count). The molecular formula is C18H24N2O3. The number of ether oxygens (including phenoxy) is 2. The normalized spacial score (nSPS) is 17.7. The van der Waals surface area contributed by atoms with Crippen molar-refractivity contribution in [3.63, 3.8) is 0 Å². The molecule has 0 bridgehead atoms. The molecule has 5 nitrogen and oxygen atoms in total. The molecule has 1 amide bonds. The van der Waals surface area contributed by atoms with Crippen molar-refractivity contribution in [3.05, 3.63) is 29.5 Å². The van der Waals surface area contributed by atoms with Crippen LogP contribution in [0, 0.1) is 6.92 Å². The number of nitrogens with zero attached hydrogens (tertiary/aromatic N) is 1. The van der Waals surface area contributed by atoms with Gasteiger partial charge in [-0.2, -0.15) is 0 Å². The number of fused-ring (bicyclic) bond motifs is 1. The van der Waals surface area contributed by atoms with Gasteiger partial charge >= 0.3 is 6.09 Å². The first-order valence-electron chi connectivity index (χ1n) is 8.22. The standard InChI is InChI=1S/C18H24N2O3/c1-4-23-18(21)20-9-5-6-13(20)10-15-12(2)19-17-8-7-14(22-3)11-16(15)17/h7-8,11,13,19H,4-6,9-10H2,1-3H3. The van der Waals surface area contributed by atoms with E-state index in [1.165, 1.54) is 10.9 Å². The molecule has 1 aliphatic heterocycles. The monoisotopic (exact) mass is 316 g/mol. The lowest BCUT2D eigenvalue weighted by Crippen LogP contribution is -2.37. The zero-order valence-electron chi connectivity index (χ0n) is 14.0. The number of likely N-dealkylation sites (tertiary alicyclic amines) is 1. The molecule has 124 valence electrons. The van der Waals surface area contributed by atoms with Crippen molar-refractivity contribution in [2.75, 3.05) is 20.3 Å². The highest BCUT2D eigenvalue weighted by molar-refractivity contribution is 5.86. The fraction of sp³-hybridized carbons (Fsp3) is 0.500. The number of carbonyl (C=O) groups excluding carboxylic acids is 1. The van der Waals surface area contributed by atoms with Gasteiger partial charge in [-0.1, -0.05) is 0 Å². The lowest BCUT2D eigenvalue weighted by molar-refractivity contribution is 0.103. The number of aryl methyl sites for hydroxylation is 1. The van der Waals surface area contributed by atoms with Crippen LogP contribution in [-0.2, 0) is 11.2 Å². The molecule has 2 heterocycles. The van der Waals surface area contributed by atoms with Crippen LogP contribution in [-0.4, -0.2) is 42.3 Å². The molecule has 0 spiro atoms. The first-order valence-corrected chi connectivity index (χ1v) is 8.22. The summed E-state index contributed by atoms with van der Waals surface area (Å²) >= 11 is 0. The summed E-state index contributed by atoms with van der Waals surface area (Å²) in [6.45, 7) is 5.14. The van der Waals surface area contributed by atoms with Gasteiger partial charge in [0.1, 0.15) is 5.75 Å². The van der Waals surface area contributed by atoms with Gasteiger partial charge in [-0.05, 0) is 56.9 Å². The second-order valence-electron chi connectivity index (χ2n) is 6.03. The molecule has 0 aliphatic carbocycles. The van der Waals surface area contributed by atoms with Crippen LogP contribution in [0.3, 0.4) is 0 Å². The maximum Gasteiger partial charge on any atom is 0.410 e. The molecule has 1 atom stereocenters. The number of rotatable bonds is 4. The Labute approximate surface area is 136 Å². The Bertz CT molecular complexity index is 708. The molecule has 1 aromatic carbocycles. The number of benzene rings is 1. The van der Waals surface area contributed by atoms with Gasteiger partial charge in [0.2, 0.25) is 0 Å². The second kappa shape index (κ2) is 6.52. The van der Waals surface area contributed by atoms with Crippen molar-refractivity contribution in [1.82, 2.24) is 9.88 Å². The third-order valence-electron chi connectivity index (χ3n) is 4.65. The number of aromatic amines is 1. The Morgan fingerprint density at radius 1 is 1.43 bits per heavy atom. The fourth-order valence-electron chi connectivity index (χ4n) is 3.48. The molecule has 0 saturated carbocycles. The Balaban J connectivity index is 1.88. The van der Waals surface area contributed by atoms with E-state index in [1.807, 2.05) is 24.0 Å². The van der Waals surface area contributed by atoms with Gasteiger partial charge in [0, 0.05) is 29.2 Å². The highest BCUT2D eigenvalue weighted by Gasteiger charge is 2.30. The smallest absolute Gasteiger partial charge is 0.410 e. The van der Waals surface area contributed by atoms with Gasteiger partial charge in [-0.3, -0.25) is 0 Å². The van der Waals surface area contributed by atoms with Crippen molar-refractivity contribution >= 4 is 17.0 Å². The Morgan fingerprint density at radius 2 is 2.26 bits per heavy atom. The van der Waals surface area contributed by atoms with Crippen molar-refractivity contribution in [3.8, 4) is 5.75 Å². The van der Waals surface area contributed by atoms with E-state index in [9.17, 15) is 4.79 Å². The predicted molar refractivity (Wildman–Crippen MR) is 90.0 cm³/mol. The summed E-state index contributed by atoms with van der Waals surface area (Å²) in [6, 6.07) is 6.28. The first-order chi connectivity index (χ1) is 11.1. The maximum atomic E-state index is 12.1. The summed E-state index contributed by atoms with van der Waals surface area (Å²) in [5.74, 6) is 0.853. The molecule has 1 fully saturated rings. The maximum absolute atomic E-state index is 12.1. The van der Waals surface area contributed by atoms with Crippen LogP contribution in [0.25, 0.3) is 10.9 Å². The van der Waals surface area contributed by atoms with Gasteiger partial charge < -0.3 is 19.4 Å². The minimum absolute atomic E-state index is 0.190. The number of aromatic nitrogens is 1. The van der Waals surface area contributed by atoms with Crippen LogP contribution < -0.4 is 4.74 Å². The quantitative estimate of drug-likeness (QED) is 0.937. The van der Waals surface area contributed by atoms with Crippen molar-refractivity contribution in [2.45, 2.75) is 39.2 Å². The predicted octanol–water partition coefficient (Wildman–Crippen LogP) is 3.65. The van der Waals surface area contributed by atoms with Crippen molar-refractivity contribution in [1.29, 1.82) is 0 Å². The van der Waals surface area contributed by atoms with E-state index >= 15 is 0 Å². The Kier molecular flexibility index (Phi) is 4.46. The average Bonchev–Trinajstić information content (AvgIpc) is 3.12. The zero-order chi connectivity index (χ0) is 16.4. The summed E-state index contributed by atoms with van der Waals surface area (Å²) in [5, 5.41) is 1.18. The van der Waals surface area contributed by atoms with E-state index in [1.54, 1.807) is 7.11 Å². The number of amides is 1. The summed E-state index contributed by atoms with van der Waals surface area (Å²) in [5.41, 5.74) is 3.53. The highest BCUT2D eigenvalue weighted by Crippen LogP contribution is 2.30. The van der Waals surface area contributed by atoms with Crippen LogP contribution in [0.15, 0.2) is 18.2 Å². The van der Waals surface area contributed by atoms with E-state index < -0.39 is 0 Å². The SMILES string of the molecule is CCOC(=O)N1CCCC1Cc1c(C)[nH]c2ccc(OC)cc12. The van der Waals surface area contributed by atoms with Gasteiger partial charge in [-0.25, -0.2) is 4.79 Å². The number of hydrogen-bond acceptors (Lipinski definition) is 3. The fourth-order valence-corrected chi connectivity index (χ4v) is 3.48. The number of carbonyl (C=O) groups is 1. The van der Waals surface area contributed by atoms with Crippen molar-refractivity contribution < 1.29 is 14.3 Å². The lowest BCUT2D eigenvalue weighted by Gasteiger charge is -2.24. The second-order valence-corrected chi connectivity index (χ2v) is 6.03. The summed E-state index contributed by atoms with van der Waals surface area (Å²) < 4.78 is 10.5. The Morgan fingerprint density at radius 3 is 3.00 bits per heavy atom. The molecule has 5 heteroatoms. The molecule has 1 unspecified atom stereocenters. The molecule has 1 aromatic heterocycles. The summed E-state index contributed by atoms with van der Waals surface area (Å²) in [6.07, 6.45) is 2.71. The Hall–Kier alpha value is -2.17. The van der Waals surface area contributed by atoms with Crippen LogP contribution in [0.2, 0.25) is 0 Å².